The molecule has 0 radical (unpaired) electrons. The minimum Gasteiger partial charge on any atom is -0.437 e. The summed E-state index contributed by atoms with van der Waals surface area (Å²) in [5, 5.41) is 18.3. The summed E-state index contributed by atoms with van der Waals surface area (Å²) in [7, 11) is 0. The monoisotopic (exact) mass is 426 g/mol. The summed E-state index contributed by atoms with van der Waals surface area (Å²) in [6.45, 7) is 5.81. The Morgan fingerprint density at radius 2 is 2.04 bits per heavy atom. The van der Waals surface area contributed by atoms with Crippen molar-refractivity contribution >= 4 is 28.0 Å². The van der Waals surface area contributed by atoms with Crippen LogP contribution in [0.2, 0.25) is 0 Å². The van der Waals surface area contributed by atoms with Crippen LogP contribution in [0.15, 0.2) is 33.3 Å². The largest absolute Gasteiger partial charge is 0.437 e. The third kappa shape index (κ3) is 6.64. The van der Waals surface area contributed by atoms with Crippen LogP contribution in [-0.4, -0.2) is 40.0 Å². The lowest BCUT2D eigenvalue weighted by atomic mass is 10.1. The summed E-state index contributed by atoms with van der Waals surface area (Å²) in [6.07, 6.45) is -0.884. The summed E-state index contributed by atoms with van der Waals surface area (Å²) in [5.74, 6) is 0.248. The molecular weight excluding hydrogens is 404 g/mol. The Morgan fingerprint density at radius 3 is 2.65 bits per heavy atom. The number of hydrogen-bond donors (Lipinski definition) is 3. The molecule has 1 amide bonds. The van der Waals surface area contributed by atoms with Crippen LogP contribution in [0.5, 0.6) is 0 Å². The molecule has 1 heterocycles. The van der Waals surface area contributed by atoms with Gasteiger partial charge in [0, 0.05) is 23.0 Å². The molecule has 1 atom stereocenters. The molecule has 3 N–H and O–H groups in total. The van der Waals surface area contributed by atoms with Gasteiger partial charge in [0.1, 0.15) is 0 Å². The minimum atomic E-state index is -0.716. The molecule has 0 aliphatic heterocycles. The van der Waals surface area contributed by atoms with Crippen LogP contribution in [0.25, 0.3) is 0 Å². The normalized spacial score (nSPS) is 12.5. The number of hydrogen-bond acceptors (Lipinski definition) is 7. The van der Waals surface area contributed by atoms with Gasteiger partial charge in [0.05, 0.1) is 6.61 Å². The average molecular weight is 427 g/mol. The van der Waals surface area contributed by atoms with E-state index in [1.165, 1.54) is 0 Å². The number of aliphatic hydroxyl groups excluding tert-OH is 1. The Labute approximate surface area is 160 Å². The second kappa shape index (κ2) is 9.00. The average Bonchev–Trinajstić information content (AvgIpc) is 3.01. The quantitative estimate of drug-likeness (QED) is 0.623. The second-order valence-corrected chi connectivity index (χ2v) is 7.62. The topological polar surface area (TPSA) is 110 Å². The van der Waals surface area contributed by atoms with Gasteiger partial charge in [-0.2, -0.15) is 4.98 Å². The Bertz CT molecular complexity index is 712. The van der Waals surface area contributed by atoms with E-state index in [2.05, 4.69) is 36.7 Å². The van der Waals surface area contributed by atoms with Crippen LogP contribution in [0.4, 0.5) is 10.8 Å². The van der Waals surface area contributed by atoms with Gasteiger partial charge in [-0.05, 0) is 38.5 Å². The molecule has 0 saturated carbocycles. The number of carbonyl (C=O) groups is 1. The zero-order valence-electron chi connectivity index (χ0n) is 15.0. The zero-order valence-corrected chi connectivity index (χ0v) is 16.5. The molecule has 2 rings (SSSR count). The number of alkyl carbamates (subject to hydrolysis) is 1. The maximum Gasteiger partial charge on any atom is 0.408 e. The maximum atomic E-state index is 12.2. The van der Waals surface area contributed by atoms with Crippen molar-refractivity contribution in [3.63, 3.8) is 0 Å². The SMILES string of the molecule is CC(C)(C)NC(=O)O[C@@H](Cc1ccc(Br)cc1)c1noc(NCCO)n1. The summed E-state index contributed by atoms with van der Waals surface area (Å²) >= 11 is 3.39. The second-order valence-electron chi connectivity index (χ2n) is 6.71. The molecule has 0 spiro atoms. The van der Waals surface area contributed by atoms with Crippen molar-refractivity contribution in [2.45, 2.75) is 38.8 Å². The van der Waals surface area contributed by atoms with Crippen LogP contribution in [0.1, 0.15) is 38.3 Å². The molecule has 142 valence electrons. The van der Waals surface area contributed by atoms with E-state index in [0.717, 1.165) is 10.0 Å². The molecule has 0 saturated heterocycles. The Kier molecular flexibility index (Phi) is 6.98. The first-order valence-electron chi connectivity index (χ1n) is 8.18. The molecule has 26 heavy (non-hydrogen) atoms. The fourth-order valence-electron chi connectivity index (χ4n) is 2.09. The fraction of sp³-hybridized carbons (Fsp3) is 0.471. The molecule has 0 bridgehead atoms. The Morgan fingerprint density at radius 1 is 1.35 bits per heavy atom. The van der Waals surface area contributed by atoms with E-state index in [1.54, 1.807) is 0 Å². The van der Waals surface area contributed by atoms with E-state index in [0.29, 0.717) is 6.42 Å². The molecule has 0 fully saturated rings. The van der Waals surface area contributed by atoms with Gasteiger partial charge in [-0.15, -0.1) is 0 Å². The van der Waals surface area contributed by atoms with Crippen LogP contribution < -0.4 is 10.6 Å². The highest BCUT2D eigenvalue weighted by Crippen LogP contribution is 2.23. The molecule has 0 aliphatic rings. The van der Waals surface area contributed by atoms with Crippen LogP contribution in [0.3, 0.4) is 0 Å². The number of halogens is 1. The van der Waals surface area contributed by atoms with Gasteiger partial charge < -0.3 is 25.0 Å². The van der Waals surface area contributed by atoms with Gasteiger partial charge in [-0.25, -0.2) is 4.79 Å². The van der Waals surface area contributed by atoms with Crippen molar-refractivity contribution in [1.82, 2.24) is 15.5 Å². The number of rotatable bonds is 7. The number of benzene rings is 1. The smallest absolute Gasteiger partial charge is 0.408 e. The molecule has 2 aromatic rings. The predicted octanol–water partition coefficient (Wildman–Crippen LogP) is 3.04. The first-order chi connectivity index (χ1) is 12.3. The fourth-order valence-corrected chi connectivity index (χ4v) is 2.35. The Hall–Kier alpha value is -2.13. The van der Waals surface area contributed by atoms with Gasteiger partial charge in [-0.3, -0.25) is 0 Å². The van der Waals surface area contributed by atoms with Gasteiger partial charge >= 0.3 is 12.1 Å². The van der Waals surface area contributed by atoms with Crippen LogP contribution in [0, 0.1) is 0 Å². The van der Waals surface area contributed by atoms with Crippen molar-refractivity contribution < 1.29 is 19.2 Å². The van der Waals surface area contributed by atoms with Crippen molar-refractivity contribution in [3.8, 4) is 0 Å². The van der Waals surface area contributed by atoms with Crippen LogP contribution >= 0.6 is 15.9 Å². The lowest BCUT2D eigenvalue weighted by Gasteiger charge is -2.22. The van der Waals surface area contributed by atoms with Crippen molar-refractivity contribution in [2.75, 3.05) is 18.5 Å². The van der Waals surface area contributed by atoms with E-state index in [4.69, 9.17) is 14.4 Å². The number of carbonyl (C=O) groups excluding carboxylic acids is 1. The molecule has 0 aliphatic carbocycles. The summed E-state index contributed by atoms with van der Waals surface area (Å²) in [5.41, 5.74) is 0.529. The summed E-state index contributed by atoms with van der Waals surface area (Å²) in [4.78, 5) is 16.4. The number of aromatic nitrogens is 2. The molecule has 8 nitrogen and oxygen atoms in total. The van der Waals surface area contributed by atoms with Crippen LogP contribution in [-0.2, 0) is 11.2 Å². The number of anilines is 1. The first-order valence-corrected chi connectivity index (χ1v) is 8.98. The van der Waals surface area contributed by atoms with E-state index < -0.39 is 17.7 Å². The Balaban J connectivity index is 2.15. The lowest BCUT2D eigenvalue weighted by molar-refractivity contribution is 0.0851. The van der Waals surface area contributed by atoms with Crippen molar-refractivity contribution in [3.05, 3.63) is 40.1 Å². The number of nitrogens with zero attached hydrogens (tertiary/aromatic N) is 2. The number of nitrogens with one attached hydrogen (secondary N) is 2. The van der Waals surface area contributed by atoms with Crippen molar-refractivity contribution in [2.24, 2.45) is 0 Å². The third-order valence-electron chi connectivity index (χ3n) is 3.18. The lowest BCUT2D eigenvalue weighted by Crippen LogP contribution is -2.41. The molecule has 0 unspecified atom stereocenters. The van der Waals surface area contributed by atoms with E-state index in [9.17, 15) is 4.79 Å². The highest BCUT2D eigenvalue weighted by molar-refractivity contribution is 9.10. The molecule has 1 aromatic heterocycles. The highest BCUT2D eigenvalue weighted by Gasteiger charge is 2.25. The summed E-state index contributed by atoms with van der Waals surface area (Å²) in [6, 6.07) is 7.83. The van der Waals surface area contributed by atoms with E-state index in [1.807, 2.05) is 45.0 Å². The number of amides is 1. The number of ether oxygens (including phenoxy) is 1. The van der Waals surface area contributed by atoms with Gasteiger partial charge in [0.2, 0.25) is 5.82 Å². The molecule has 1 aromatic carbocycles. The predicted molar refractivity (Wildman–Crippen MR) is 99.8 cm³/mol. The van der Waals surface area contributed by atoms with Crippen molar-refractivity contribution in [1.29, 1.82) is 0 Å². The third-order valence-corrected chi connectivity index (χ3v) is 3.71. The summed E-state index contributed by atoms with van der Waals surface area (Å²) < 4.78 is 11.6. The van der Waals surface area contributed by atoms with E-state index >= 15 is 0 Å². The number of aliphatic hydroxyl groups is 1. The molecule has 9 heteroatoms. The maximum absolute atomic E-state index is 12.2. The van der Waals surface area contributed by atoms with Gasteiger partial charge in [0.25, 0.3) is 0 Å². The molecular formula is C17H23BrN4O4. The first kappa shape index (κ1) is 20.2. The highest BCUT2D eigenvalue weighted by atomic mass is 79.9. The van der Waals surface area contributed by atoms with Gasteiger partial charge in [0.15, 0.2) is 6.10 Å². The van der Waals surface area contributed by atoms with E-state index in [-0.39, 0.29) is 25.0 Å². The standard InChI is InChI=1S/C17H23BrN4O4/c1-17(2,3)21-16(24)25-13(10-11-4-6-12(18)7-5-11)14-20-15(26-22-14)19-8-9-23/h4-7,13,23H,8-10H2,1-3H3,(H,21,24)(H,19,20,22)/t13-/m0/s1. The zero-order chi connectivity index (χ0) is 19.2. The van der Waals surface area contributed by atoms with Gasteiger partial charge in [-0.1, -0.05) is 33.2 Å². The minimum absolute atomic E-state index is 0.0650.